The number of anilines is 1. The first-order valence-corrected chi connectivity index (χ1v) is 4.99. The van der Waals surface area contributed by atoms with Crippen LogP contribution in [-0.2, 0) is 0 Å². The van der Waals surface area contributed by atoms with Gasteiger partial charge in [-0.3, -0.25) is 4.98 Å². The highest BCUT2D eigenvalue weighted by molar-refractivity contribution is 9.10. The Morgan fingerprint density at radius 3 is 2.80 bits per heavy atom. The molecule has 2 aromatic rings. The molecule has 0 aliphatic carbocycles. The van der Waals surface area contributed by atoms with Crippen LogP contribution < -0.4 is 5.73 Å². The second kappa shape index (κ2) is 3.94. The zero-order valence-electron chi connectivity index (χ0n) is 7.61. The molecule has 15 heavy (non-hydrogen) atoms. The monoisotopic (exact) mass is 267 g/mol. The summed E-state index contributed by atoms with van der Waals surface area (Å²) in [6.07, 6.45) is 2.89. The SMILES string of the molecule is Nc1cncc(-c2cccc(Br)c2F)n1. The molecule has 2 N–H and O–H groups in total. The van der Waals surface area contributed by atoms with E-state index in [2.05, 4.69) is 25.9 Å². The lowest BCUT2D eigenvalue weighted by atomic mass is 10.1. The van der Waals surface area contributed by atoms with E-state index in [1.807, 2.05) is 0 Å². The van der Waals surface area contributed by atoms with Gasteiger partial charge in [0.15, 0.2) is 0 Å². The summed E-state index contributed by atoms with van der Waals surface area (Å²) in [4.78, 5) is 7.86. The van der Waals surface area contributed by atoms with E-state index in [1.165, 1.54) is 12.4 Å². The average molecular weight is 268 g/mol. The van der Waals surface area contributed by atoms with Crippen LogP contribution in [0.15, 0.2) is 35.1 Å². The molecule has 0 atom stereocenters. The minimum atomic E-state index is -0.364. The average Bonchev–Trinajstić information content (AvgIpc) is 2.22. The maximum Gasteiger partial charge on any atom is 0.146 e. The molecule has 0 aliphatic heterocycles. The Morgan fingerprint density at radius 1 is 1.27 bits per heavy atom. The van der Waals surface area contributed by atoms with Gasteiger partial charge in [0.25, 0.3) is 0 Å². The lowest BCUT2D eigenvalue weighted by Gasteiger charge is -2.03. The van der Waals surface area contributed by atoms with Crippen LogP contribution in [0.5, 0.6) is 0 Å². The van der Waals surface area contributed by atoms with Crippen LogP contribution in [0.3, 0.4) is 0 Å². The normalized spacial score (nSPS) is 10.3. The summed E-state index contributed by atoms with van der Waals surface area (Å²) >= 11 is 3.11. The fraction of sp³-hybridized carbons (Fsp3) is 0. The summed E-state index contributed by atoms with van der Waals surface area (Å²) in [6, 6.07) is 4.98. The van der Waals surface area contributed by atoms with E-state index >= 15 is 0 Å². The van der Waals surface area contributed by atoms with Gasteiger partial charge in [0, 0.05) is 5.56 Å². The molecule has 0 amide bonds. The van der Waals surface area contributed by atoms with Gasteiger partial charge in [-0.05, 0) is 28.1 Å². The molecule has 0 spiro atoms. The third-order valence-electron chi connectivity index (χ3n) is 1.88. The van der Waals surface area contributed by atoms with Crippen molar-refractivity contribution in [3.05, 3.63) is 40.9 Å². The molecule has 1 heterocycles. The lowest BCUT2D eigenvalue weighted by molar-refractivity contribution is 0.624. The fourth-order valence-electron chi connectivity index (χ4n) is 1.21. The summed E-state index contributed by atoms with van der Waals surface area (Å²) < 4.78 is 14.1. The molecule has 0 saturated heterocycles. The standard InChI is InChI=1S/C10H7BrFN3/c11-7-3-1-2-6(10(7)12)8-4-14-5-9(13)15-8/h1-5H,(H2,13,15). The second-order valence-electron chi connectivity index (χ2n) is 2.93. The molecule has 0 unspecified atom stereocenters. The molecule has 0 bridgehead atoms. The number of rotatable bonds is 1. The number of aromatic nitrogens is 2. The van der Waals surface area contributed by atoms with Crippen LogP contribution >= 0.6 is 15.9 Å². The predicted octanol–water partition coefficient (Wildman–Crippen LogP) is 2.63. The van der Waals surface area contributed by atoms with Crippen molar-refractivity contribution in [2.45, 2.75) is 0 Å². The maximum absolute atomic E-state index is 13.7. The number of hydrogen-bond donors (Lipinski definition) is 1. The number of halogens is 2. The summed E-state index contributed by atoms with van der Waals surface area (Å²) in [5.41, 5.74) is 6.28. The largest absolute Gasteiger partial charge is 0.382 e. The topological polar surface area (TPSA) is 51.8 Å². The Labute approximate surface area is 94.3 Å². The highest BCUT2D eigenvalue weighted by Crippen LogP contribution is 2.26. The Bertz CT molecular complexity index is 502. The van der Waals surface area contributed by atoms with Gasteiger partial charge < -0.3 is 5.73 Å². The summed E-state index contributed by atoms with van der Waals surface area (Å²) in [6.45, 7) is 0. The highest BCUT2D eigenvalue weighted by Gasteiger charge is 2.09. The van der Waals surface area contributed by atoms with Crippen LogP contribution in [0, 0.1) is 5.82 Å². The van der Waals surface area contributed by atoms with Crippen molar-refractivity contribution < 1.29 is 4.39 Å². The van der Waals surface area contributed by atoms with Gasteiger partial charge in [-0.15, -0.1) is 0 Å². The molecular formula is C10H7BrFN3. The molecule has 0 saturated carbocycles. The smallest absolute Gasteiger partial charge is 0.146 e. The van der Waals surface area contributed by atoms with E-state index in [-0.39, 0.29) is 11.6 Å². The zero-order chi connectivity index (χ0) is 10.8. The second-order valence-corrected chi connectivity index (χ2v) is 3.78. The van der Waals surface area contributed by atoms with E-state index in [4.69, 9.17) is 5.73 Å². The van der Waals surface area contributed by atoms with Crippen molar-refractivity contribution >= 4 is 21.7 Å². The van der Waals surface area contributed by atoms with Gasteiger partial charge >= 0.3 is 0 Å². The predicted molar refractivity (Wildman–Crippen MR) is 59.5 cm³/mol. The van der Waals surface area contributed by atoms with Crippen molar-refractivity contribution in [1.29, 1.82) is 0 Å². The number of nitrogen functional groups attached to an aromatic ring is 1. The van der Waals surface area contributed by atoms with Gasteiger partial charge in [-0.1, -0.05) is 6.07 Å². The summed E-state index contributed by atoms with van der Waals surface area (Å²) in [7, 11) is 0. The molecular weight excluding hydrogens is 261 g/mol. The Hall–Kier alpha value is -1.49. The van der Waals surface area contributed by atoms with E-state index in [1.54, 1.807) is 18.2 Å². The van der Waals surface area contributed by atoms with Crippen LogP contribution in [0.25, 0.3) is 11.3 Å². The van der Waals surface area contributed by atoms with Crippen LogP contribution in [0.2, 0.25) is 0 Å². The molecule has 1 aromatic carbocycles. The van der Waals surface area contributed by atoms with Gasteiger partial charge in [0.1, 0.15) is 11.6 Å². The zero-order valence-corrected chi connectivity index (χ0v) is 9.20. The number of benzene rings is 1. The molecule has 2 rings (SSSR count). The van der Waals surface area contributed by atoms with Crippen molar-refractivity contribution in [2.24, 2.45) is 0 Å². The minimum absolute atomic E-state index is 0.270. The van der Waals surface area contributed by atoms with E-state index in [9.17, 15) is 4.39 Å². The van der Waals surface area contributed by atoms with Gasteiger partial charge in [0.05, 0.1) is 22.6 Å². The molecule has 76 valence electrons. The first-order valence-electron chi connectivity index (χ1n) is 4.20. The fourth-order valence-corrected chi connectivity index (χ4v) is 1.58. The van der Waals surface area contributed by atoms with Crippen LogP contribution in [0.4, 0.5) is 10.2 Å². The highest BCUT2D eigenvalue weighted by atomic mass is 79.9. The van der Waals surface area contributed by atoms with E-state index < -0.39 is 0 Å². The number of nitrogens with zero attached hydrogens (tertiary/aromatic N) is 2. The Morgan fingerprint density at radius 2 is 2.07 bits per heavy atom. The third kappa shape index (κ3) is 1.97. The van der Waals surface area contributed by atoms with Crippen molar-refractivity contribution in [2.75, 3.05) is 5.73 Å². The van der Waals surface area contributed by atoms with Crippen molar-refractivity contribution in [1.82, 2.24) is 9.97 Å². The molecule has 0 radical (unpaired) electrons. The minimum Gasteiger partial charge on any atom is -0.382 e. The maximum atomic E-state index is 13.7. The summed E-state index contributed by atoms with van der Waals surface area (Å²) in [5, 5.41) is 0. The third-order valence-corrected chi connectivity index (χ3v) is 2.49. The quantitative estimate of drug-likeness (QED) is 0.864. The van der Waals surface area contributed by atoms with Crippen molar-refractivity contribution in [3.63, 3.8) is 0 Å². The molecule has 1 aromatic heterocycles. The van der Waals surface area contributed by atoms with E-state index in [0.717, 1.165) is 0 Å². The lowest BCUT2D eigenvalue weighted by Crippen LogP contribution is -1.95. The van der Waals surface area contributed by atoms with E-state index in [0.29, 0.717) is 15.7 Å². The first kappa shape index (κ1) is 10.0. The van der Waals surface area contributed by atoms with Gasteiger partial charge in [0.2, 0.25) is 0 Å². The first-order chi connectivity index (χ1) is 7.18. The Balaban J connectivity index is 2.59. The number of nitrogens with two attached hydrogens (primary N) is 1. The van der Waals surface area contributed by atoms with Gasteiger partial charge in [-0.2, -0.15) is 0 Å². The molecule has 0 aliphatic rings. The van der Waals surface area contributed by atoms with Crippen molar-refractivity contribution in [3.8, 4) is 11.3 Å². The Kier molecular flexibility index (Phi) is 2.64. The number of hydrogen-bond acceptors (Lipinski definition) is 3. The molecule has 5 heteroatoms. The van der Waals surface area contributed by atoms with Crippen LogP contribution in [-0.4, -0.2) is 9.97 Å². The molecule has 0 fully saturated rings. The summed E-state index contributed by atoms with van der Waals surface area (Å²) in [5.74, 6) is -0.0933. The molecule has 3 nitrogen and oxygen atoms in total. The van der Waals surface area contributed by atoms with Crippen LogP contribution in [0.1, 0.15) is 0 Å². The van der Waals surface area contributed by atoms with Gasteiger partial charge in [-0.25, -0.2) is 9.37 Å².